The second-order valence-corrected chi connectivity index (χ2v) is 8.47. The summed E-state index contributed by atoms with van der Waals surface area (Å²) in [6, 6.07) is 34.8. The molecule has 4 heterocycles. The number of fused-ring (bicyclic) bond motifs is 6. The predicted molar refractivity (Wildman–Crippen MR) is 129 cm³/mol. The molecule has 4 nitrogen and oxygen atoms in total. The van der Waals surface area contributed by atoms with Gasteiger partial charge in [0, 0.05) is 23.8 Å². The average molecular weight is 415 g/mol. The molecule has 0 saturated carbocycles. The summed E-state index contributed by atoms with van der Waals surface area (Å²) in [5, 5.41) is 7.54. The maximum Gasteiger partial charge on any atom is 0.0924 e. The van der Waals surface area contributed by atoms with Gasteiger partial charge < -0.3 is 19.8 Å². The van der Waals surface area contributed by atoms with E-state index in [0.29, 0.717) is 0 Å². The van der Waals surface area contributed by atoms with Crippen LogP contribution in [0.4, 0.5) is 11.4 Å². The minimum atomic E-state index is 0.0995. The minimum absolute atomic E-state index is 0.0995. The van der Waals surface area contributed by atoms with Gasteiger partial charge in [0.15, 0.2) is 0 Å². The van der Waals surface area contributed by atoms with Gasteiger partial charge in [-0.2, -0.15) is 0 Å². The molecule has 0 bridgehead atoms. The summed E-state index contributed by atoms with van der Waals surface area (Å²) in [5.41, 5.74) is 9.74. The third-order valence-electron chi connectivity index (χ3n) is 6.66. The van der Waals surface area contributed by atoms with Crippen LogP contribution in [-0.2, 0) is 0 Å². The summed E-state index contributed by atoms with van der Waals surface area (Å²) in [6.45, 7) is 0. The number of hydrogen-bond donors (Lipinski definition) is 2. The van der Waals surface area contributed by atoms with Gasteiger partial charge in [-0.25, -0.2) is 0 Å². The quantitative estimate of drug-likeness (QED) is 0.356. The van der Waals surface area contributed by atoms with Crippen LogP contribution in [0.2, 0.25) is 0 Å². The molecule has 2 unspecified atom stereocenters. The molecule has 2 N–H and O–H groups in total. The number of anilines is 2. The maximum absolute atomic E-state index is 3.77. The molecule has 0 saturated heterocycles. The van der Waals surface area contributed by atoms with Crippen molar-refractivity contribution in [1.29, 1.82) is 0 Å². The first-order valence-electron chi connectivity index (χ1n) is 11.0. The molecule has 2 aliphatic rings. The van der Waals surface area contributed by atoms with Crippen molar-refractivity contribution in [3.63, 3.8) is 0 Å². The number of para-hydroxylation sites is 4. The summed E-state index contributed by atoms with van der Waals surface area (Å²) < 4.78 is 4.59. The summed E-state index contributed by atoms with van der Waals surface area (Å²) >= 11 is 0. The molecule has 154 valence electrons. The Balaban J connectivity index is 1.32. The lowest BCUT2D eigenvalue weighted by Crippen LogP contribution is -2.24. The molecule has 0 aliphatic carbocycles. The van der Waals surface area contributed by atoms with Gasteiger partial charge in [0.2, 0.25) is 0 Å². The average Bonchev–Trinajstić information content (AvgIpc) is 3.54. The molecule has 4 heteroatoms. The van der Waals surface area contributed by atoms with E-state index < -0.39 is 0 Å². The molecule has 2 aliphatic heterocycles. The lowest BCUT2D eigenvalue weighted by Gasteiger charge is -2.32. The molecule has 2 aromatic heterocycles. The third-order valence-corrected chi connectivity index (χ3v) is 6.66. The van der Waals surface area contributed by atoms with E-state index in [4.69, 9.17) is 0 Å². The van der Waals surface area contributed by atoms with Crippen LogP contribution in [0.5, 0.6) is 0 Å². The van der Waals surface area contributed by atoms with Gasteiger partial charge in [0.25, 0.3) is 0 Å². The summed E-state index contributed by atoms with van der Waals surface area (Å²) in [4.78, 5) is 0. The Kier molecular flexibility index (Phi) is 3.64. The van der Waals surface area contributed by atoms with Crippen LogP contribution in [0.25, 0.3) is 11.4 Å². The Labute approximate surface area is 186 Å². The van der Waals surface area contributed by atoms with Crippen molar-refractivity contribution in [2.75, 3.05) is 10.6 Å². The number of aromatic nitrogens is 2. The molecular formula is C28H22N4. The Morgan fingerprint density at radius 3 is 1.53 bits per heavy atom. The molecule has 0 radical (unpaired) electrons. The fraction of sp³-hybridized carbons (Fsp3) is 0.0714. The SMILES string of the molecule is c1cc(C2Nc3ccccc3-n3cccc32)cc(C2Nc3ccccc3-n3cccc32)c1. The van der Waals surface area contributed by atoms with Gasteiger partial charge in [-0.15, -0.1) is 0 Å². The number of nitrogens with one attached hydrogen (secondary N) is 2. The Hall–Kier alpha value is -4.18. The van der Waals surface area contributed by atoms with Crippen molar-refractivity contribution in [2.45, 2.75) is 12.1 Å². The van der Waals surface area contributed by atoms with Gasteiger partial charge in [-0.05, 0) is 59.7 Å². The van der Waals surface area contributed by atoms with Crippen molar-refractivity contribution in [3.8, 4) is 11.4 Å². The molecule has 0 fully saturated rings. The summed E-state index contributed by atoms with van der Waals surface area (Å²) in [5.74, 6) is 0. The Morgan fingerprint density at radius 2 is 1.00 bits per heavy atom. The van der Waals surface area contributed by atoms with Crippen LogP contribution in [0, 0.1) is 0 Å². The smallest absolute Gasteiger partial charge is 0.0924 e. The van der Waals surface area contributed by atoms with E-state index in [9.17, 15) is 0 Å². The van der Waals surface area contributed by atoms with Crippen molar-refractivity contribution in [1.82, 2.24) is 9.13 Å². The molecular weight excluding hydrogens is 392 g/mol. The van der Waals surface area contributed by atoms with Gasteiger partial charge in [-0.3, -0.25) is 0 Å². The molecule has 0 amide bonds. The number of hydrogen-bond acceptors (Lipinski definition) is 2. The maximum atomic E-state index is 3.77. The number of nitrogens with zero attached hydrogens (tertiary/aromatic N) is 2. The second-order valence-electron chi connectivity index (χ2n) is 8.47. The van der Waals surface area contributed by atoms with Crippen LogP contribution >= 0.6 is 0 Å². The van der Waals surface area contributed by atoms with Gasteiger partial charge in [0.05, 0.1) is 34.8 Å². The monoisotopic (exact) mass is 414 g/mol. The third kappa shape index (κ3) is 2.50. The highest BCUT2D eigenvalue weighted by Gasteiger charge is 2.28. The first-order chi connectivity index (χ1) is 15.9. The fourth-order valence-electron chi connectivity index (χ4n) is 5.19. The zero-order chi connectivity index (χ0) is 21.1. The largest absolute Gasteiger partial charge is 0.371 e. The van der Waals surface area contributed by atoms with Crippen LogP contribution < -0.4 is 10.6 Å². The van der Waals surface area contributed by atoms with E-state index >= 15 is 0 Å². The van der Waals surface area contributed by atoms with Gasteiger partial charge in [0.1, 0.15) is 0 Å². The van der Waals surface area contributed by atoms with Crippen LogP contribution in [0.15, 0.2) is 109 Å². The lowest BCUT2D eigenvalue weighted by atomic mass is 9.94. The summed E-state index contributed by atoms with van der Waals surface area (Å²) in [7, 11) is 0. The highest BCUT2D eigenvalue weighted by Crippen LogP contribution is 2.40. The number of rotatable bonds is 2. The highest BCUT2D eigenvalue weighted by atomic mass is 15.1. The number of benzene rings is 3. The molecule has 0 spiro atoms. The standard InChI is InChI=1S/C28H22N4/c1-3-12-23-21(10-1)29-27(25-14-6-16-31(23)25)19-8-5-9-20(18-19)28-26-15-7-17-32(26)24-13-4-2-11-22(24)30-28/h1-18,27-30H. The van der Waals surface area contributed by atoms with Crippen molar-refractivity contribution in [3.05, 3.63) is 132 Å². The first-order valence-corrected chi connectivity index (χ1v) is 11.0. The van der Waals surface area contributed by atoms with Gasteiger partial charge >= 0.3 is 0 Å². The molecule has 32 heavy (non-hydrogen) atoms. The Morgan fingerprint density at radius 1 is 0.500 bits per heavy atom. The van der Waals surface area contributed by atoms with Gasteiger partial charge in [-0.1, -0.05) is 48.5 Å². The van der Waals surface area contributed by atoms with Crippen molar-refractivity contribution < 1.29 is 0 Å². The van der Waals surface area contributed by atoms with Crippen molar-refractivity contribution >= 4 is 11.4 Å². The zero-order valence-corrected chi connectivity index (χ0v) is 17.4. The van der Waals surface area contributed by atoms with Crippen LogP contribution in [0.1, 0.15) is 34.6 Å². The predicted octanol–water partition coefficient (Wildman–Crippen LogP) is 6.30. The highest BCUT2D eigenvalue weighted by molar-refractivity contribution is 5.68. The molecule has 5 aromatic rings. The van der Waals surface area contributed by atoms with E-state index in [1.165, 1.54) is 33.9 Å². The molecule has 7 rings (SSSR count). The Bertz CT molecular complexity index is 1350. The molecule has 2 atom stereocenters. The van der Waals surface area contributed by atoms with E-state index in [-0.39, 0.29) is 12.1 Å². The molecule has 3 aromatic carbocycles. The van der Waals surface area contributed by atoms with Crippen LogP contribution in [-0.4, -0.2) is 9.13 Å². The van der Waals surface area contributed by atoms with E-state index in [1.54, 1.807) is 0 Å². The zero-order valence-electron chi connectivity index (χ0n) is 17.4. The lowest BCUT2D eigenvalue weighted by molar-refractivity contribution is 0.790. The minimum Gasteiger partial charge on any atom is -0.371 e. The fourth-order valence-corrected chi connectivity index (χ4v) is 5.19. The van der Waals surface area contributed by atoms with Crippen molar-refractivity contribution in [2.24, 2.45) is 0 Å². The normalized spacial score (nSPS) is 17.9. The summed E-state index contributed by atoms with van der Waals surface area (Å²) in [6.07, 6.45) is 4.30. The van der Waals surface area contributed by atoms with E-state index in [1.807, 2.05) is 0 Å². The second kappa shape index (κ2) is 6.66. The topological polar surface area (TPSA) is 33.9 Å². The first kappa shape index (κ1) is 17.5. The van der Waals surface area contributed by atoms with E-state index in [2.05, 4.69) is 129 Å². The van der Waals surface area contributed by atoms with E-state index in [0.717, 1.165) is 11.4 Å². The van der Waals surface area contributed by atoms with Crippen LogP contribution in [0.3, 0.4) is 0 Å².